The molecule has 2 aromatic heterocycles. The molecule has 0 saturated heterocycles. The summed E-state index contributed by atoms with van der Waals surface area (Å²) in [6.07, 6.45) is 2.61. The van der Waals surface area contributed by atoms with Gasteiger partial charge in [0.05, 0.1) is 11.2 Å². The van der Waals surface area contributed by atoms with Gasteiger partial charge < -0.3 is 19.4 Å². The monoisotopic (exact) mass is 476 g/mol. The van der Waals surface area contributed by atoms with E-state index in [1.807, 2.05) is 34.6 Å². The zero-order valence-electron chi connectivity index (χ0n) is 16.2. The lowest BCUT2D eigenvalue weighted by atomic mass is 9.77. The minimum atomic E-state index is -1.15. The van der Waals surface area contributed by atoms with Gasteiger partial charge in [-0.05, 0) is 32.1 Å². The Morgan fingerprint density at radius 3 is 2.04 bits per heavy atom. The van der Waals surface area contributed by atoms with E-state index in [4.69, 9.17) is 9.15 Å². The van der Waals surface area contributed by atoms with E-state index in [9.17, 15) is 15.0 Å². The van der Waals surface area contributed by atoms with Crippen LogP contribution in [0.2, 0.25) is 0 Å². The highest BCUT2D eigenvalue weighted by Gasteiger charge is 2.43. The fourth-order valence-electron chi connectivity index (χ4n) is 3.44. The van der Waals surface area contributed by atoms with Crippen molar-refractivity contribution in [2.75, 3.05) is 0 Å². The molecule has 0 aliphatic heterocycles. The van der Waals surface area contributed by atoms with Crippen LogP contribution in [0.5, 0.6) is 5.75 Å². The molecule has 0 aromatic carbocycles. The zero-order valence-corrected chi connectivity index (χ0v) is 18.3. The summed E-state index contributed by atoms with van der Waals surface area (Å²) in [4.78, 5) is 12.2. The number of rotatable bonds is 9. The van der Waals surface area contributed by atoms with Crippen molar-refractivity contribution in [2.24, 2.45) is 0 Å². The van der Waals surface area contributed by atoms with Crippen molar-refractivity contribution in [3.8, 4) is 5.75 Å². The molecule has 0 saturated carbocycles. The van der Waals surface area contributed by atoms with Gasteiger partial charge in [0.15, 0.2) is 11.3 Å². The lowest BCUT2D eigenvalue weighted by Crippen LogP contribution is -2.32. The van der Waals surface area contributed by atoms with Crippen molar-refractivity contribution in [1.29, 1.82) is 0 Å². The van der Waals surface area contributed by atoms with Crippen LogP contribution in [-0.4, -0.2) is 20.1 Å². The van der Waals surface area contributed by atoms with E-state index in [1.165, 1.54) is 0 Å². The average molecular weight is 476 g/mol. The SMILES string of the molecule is CCC(I)C(=O)Oc1cc2oc1c(C(O)(CC)CC)c2C(O)(CC)CC. The fraction of sp³-hybridized carbons (Fsp3) is 0.650. The second-order valence-corrected chi connectivity index (χ2v) is 8.33. The Kier molecular flexibility index (Phi) is 6.62. The topological polar surface area (TPSA) is 79.9 Å². The van der Waals surface area contributed by atoms with E-state index in [0.29, 0.717) is 60.1 Å². The molecule has 146 valence electrons. The molecule has 0 spiro atoms. The molecule has 6 heteroatoms. The molecular weight excluding hydrogens is 447 g/mol. The third-order valence-corrected chi connectivity index (χ3v) is 6.91. The number of hydrogen-bond donors (Lipinski definition) is 2. The first-order chi connectivity index (χ1) is 12.2. The number of alkyl halides is 1. The molecule has 0 amide bonds. The first-order valence-electron chi connectivity index (χ1n) is 9.41. The molecule has 0 radical (unpaired) electrons. The number of benzene rings is 1. The number of carbonyl (C=O) groups is 1. The Balaban J connectivity index is 2.65. The second kappa shape index (κ2) is 8.02. The maximum absolute atomic E-state index is 12.2. The first kappa shape index (κ1) is 21.4. The van der Waals surface area contributed by atoms with E-state index < -0.39 is 11.2 Å². The van der Waals surface area contributed by atoms with E-state index in [1.54, 1.807) is 6.07 Å². The van der Waals surface area contributed by atoms with Crippen molar-refractivity contribution < 1.29 is 24.2 Å². The Labute approximate surface area is 168 Å². The van der Waals surface area contributed by atoms with Gasteiger partial charge in [-0.15, -0.1) is 0 Å². The minimum Gasteiger partial charge on any atom is -0.452 e. The standard InChI is InChI=1S/C20H29IO5/c1-6-12(21)18(22)26-14-11-13-15(19(23,7-2)8-3)16(17(14)25-13)20(24,9-4)10-5/h11-12,23-24H,6-10H2,1-5H3. The summed E-state index contributed by atoms with van der Waals surface area (Å²) in [6.45, 7) is 9.54. The molecule has 0 aliphatic carbocycles. The van der Waals surface area contributed by atoms with E-state index in [0.717, 1.165) is 0 Å². The molecular formula is C20H29IO5. The lowest BCUT2D eigenvalue weighted by molar-refractivity contribution is -0.133. The van der Waals surface area contributed by atoms with Crippen LogP contribution < -0.4 is 4.74 Å². The number of aliphatic hydroxyl groups is 2. The normalized spacial score (nSPS) is 14.2. The predicted molar refractivity (Wildman–Crippen MR) is 110 cm³/mol. The van der Waals surface area contributed by atoms with Crippen molar-refractivity contribution in [3.05, 3.63) is 17.2 Å². The largest absolute Gasteiger partial charge is 0.452 e. The molecule has 1 atom stereocenters. The van der Waals surface area contributed by atoms with Crippen LogP contribution >= 0.6 is 22.6 Å². The minimum absolute atomic E-state index is 0.246. The summed E-state index contributed by atoms with van der Waals surface area (Å²) >= 11 is 2.05. The average Bonchev–Trinajstić information content (AvgIpc) is 3.24. The van der Waals surface area contributed by atoms with Crippen LogP contribution in [0.25, 0.3) is 11.2 Å². The molecule has 2 N–H and O–H groups in total. The van der Waals surface area contributed by atoms with Crippen LogP contribution in [0.4, 0.5) is 0 Å². The van der Waals surface area contributed by atoms with Crippen molar-refractivity contribution >= 4 is 39.7 Å². The highest BCUT2D eigenvalue weighted by Crippen LogP contribution is 2.50. The van der Waals surface area contributed by atoms with Gasteiger partial charge in [-0.3, -0.25) is 4.79 Å². The van der Waals surface area contributed by atoms with Crippen molar-refractivity contribution in [2.45, 2.75) is 81.8 Å². The Morgan fingerprint density at radius 1 is 1.08 bits per heavy atom. The fourth-order valence-corrected chi connectivity index (χ4v) is 3.56. The van der Waals surface area contributed by atoms with Crippen molar-refractivity contribution in [1.82, 2.24) is 0 Å². The molecule has 26 heavy (non-hydrogen) atoms. The zero-order chi connectivity index (χ0) is 19.7. The van der Waals surface area contributed by atoms with Gasteiger partial charge >= 0.3 is 5.97 Å². The molecule has 0 fully saturated rings. The van der Waals surface area contributed by atoms with Gasteiger partial charge in [0.25, 0.3) is 0 Å². The number of fused-ring (bicyclic) bond motifs is 2. The number of furan rings is 2. The summed E-state index contributed by atoms with van der Waals surface area (Å²) < 4.78 is 11.2. The van der Waals surface area contributed by atoms with Crippen LogP contribution in [0.3, 0.4) is 0 Å². The third-order valence-electron chi connectivity index (χ3n) is 5.52. The molecule has 0 aliphatic rings. The Hall–Kier alpha value is -0.860. The number of carbonyl (C=O) groups excluding carboxylic acids is 1. The number of halogens is 1. The summed E-state index contributed by atoms with van der Waals surface area (Å²) in [5.74, 6) is -0.00368. The summed E-state index contributed by atoms with van der Waals surface area (Å²) in [7, 11) is 0. The van der Waals surface area contributed by atoms with E-state index >= 15 is 0 Å². The predicted octanol–water partition coefficient (Wildman–Crippen LogP) is 5.00. The van der Waals surface area contributed by atoms with Gasteiger partial charge in [0.1, 0.15) is 9.51 Å². The summed E-state index contributed by atoms with van der Waals surface area (Å²) in [6, 6.07) is 1.66. The highest BCUT2D eigenvalue weighted by atomic mass is 127. The smallest absolute Gasteiger partial charge is 0.324 e. The highest BCUT2D eigenvalue weighted by molar-refractivity contribution is 14.1. The number of hydrogen-bond acceptors (Lipinski definition) is 5. The van der Waals surface area contributed by atoms with Crippen LogP contribution in [0.15, 0.2) is 10.5 Å². The van der Waals surface area contributed by atoms with Gasteiger partial charge in [0, 0.05) is 17.2 Å². The van der Waals surface area contributed by atoms with Gasteiger partial charge in [0.2, 0.25) is 0 Å². The van der Waals surface area contributed by atoms with Crippen LogP contribution in [0.1, 0.15) is 77.8 Å². The molecule has 2 rings (SSSR count). The van der Waals surface area contributed by atoms with E-state index in [-0.39, 0.29) is 9.89 Å². The van der Waals surface area contributed by atoms with Gasteiger partial charge in [-0.1, -0.05) is 57.2 Å². The first-order valence-corrected chi connectivity index (χ1v) is 10.7. The molecule has 5 nitrogen and oxygen atoms in total. The molecule has 2 bridgehead atoms. The second-order valence-electron chi connectivity index (χ2n) is 6.83. The lowest BCUT2D eigenvalue weighted by Gasteiger charge is -2.33. The Bertz CT molecular complexity index is 742. The summed E-state index contributed by atoms with van der Waals surface area (Å²) in [5.41, 5.74) is -0.196. The van der Waals surface area contributed by atoms with Crippen LogP contribution in [-0.2, 0) is 16.0 Å². The maximum atomic E-state index is 12.2. The van der Waals surface area contributed by atoms with Crippen molar-refractivity contribution in [3.63, 3.8) is 0 Å². The third kappa shape index (κ3) is 3.47. The molecule has 1 unspecified atom stereocenters. The number of ether oxygens (including phenoxy) is 1. The molecule has 2 aromatic rings. The maximum Gasteiger partial charge on any atom is 0.324 e. The van der Waals surface area contributed by atoms with Gasteiger partial charge in [-0.2, -0.15) is 0 Å². The van der Waals surface area contributed by atoms with Crippen LogP contribution in [0, 0.1) is 0 Å². The quantitative estimate of drug-likeness (QED) is 0.230. The van der Waals surface area contributed by atoms with Gasteiger partial charge in [-0.25, -0.2) is 0 Å². The number of esters is 1. The van der Waals surface area contributed by atoms with E-state index in [2.05, 4.69) is 22.6 Å². The Morgan fingerprint density at radius 2 is 1.58 bits per heavy atom. The molecule has 2 heterocycles. The summed E-state index contributed by atoms with van der Waals surface area (Å²) in [5, 5.41) is 22.4.